The predicted molar refractivity (Wildman–Crippen MR) is 80.3 cm³/mol. The molecule has 2 aliphatic heterocycles. The molecule has 0 atom stereocenters. The molecule has 116 valence electrons. The Labute approximate surface area is 131 Å². The number of aromatic nitrogens is 2. The van der Waals surface area contributed by atoms with Gasteiger partial charge in [-0.1, -0.05) is 0 Å². The Hall–Kier alpha value is -0.990. The molecule has 0 aliphatic carbocycles. The van der Waals surface area contributed by atoms with Crippen LogP contribution in [0.1, 0.15) is 31.7 Å². The lowest BCUT2D eigenvalue weighted by Gasteiger charge is -2.39. The molecule has 0 bridgehead atoms. The minimum absolute atomic E-state index is 0.0434. The van der Waals surface area contributed by atoms with E-state index in [-0.39, 0.29) is 11.7 Å². The van der Waals surface area contributed by atoms with Gasteiger partial charge in [0.25, 0.3) is 0 Å². The summed E-state index contributed by atoms with van der Waals surface area (Å²) < 4.78 is 7.48. The Balaban J connectivity index is 1.60. The number of hydrogen-bond donors (Lipinski definition) is 0. The summed E-state index contributed by atoms with van der Waals surface area (Å²) in [6.07, 6.45) is 5.75. The van der Waals surface area contributed by atoms with E-state index in [0.717, 1.165) is 52.0 Å². The van der Waals surface area contributed by atoms with Crippen LogP contribution in [-0.2, 0) is 4.74 Å². The van der Waals surface area contributed by atoms with Gasteiger partial charge in [0.15, 0.2) is 0 Å². The number of nitro groups is 1. The predicted octanol–water partition coefficient (Wildman–Crippen LogP) is 2.37. The highest BCUT2D eigenvalue weighted by Gasteiger charge is 2.29. The highest BCUT2D eigenvalue weighted by Crippen LogP contribution is 2.30. The van der Waals surface area contributed by atoms with E-state index in [1.54, 1.807) is 10.9 Å². The van der Waals surface area contributed by atoms with Gasteiger partial charge in [0.05, 0.1) is 11.0 Å². The highest BCUT2D eigenvalue weighted by atomic mass is 79.9. The van der Waals surface area contributed by atoms with Gasteiger partial charge in [-0.3, -0.25) is 14.8 Å². The fourth-order valence-corrected chi connectivity index (χ4v) is 3.67. The van der Waals surface area contributed by atoms with Crippen molar-refractivity contribution in [2.75, 3.05) is 26.3 Å². The van der Waals surface area contributed by atoms with Crippen LogP contribution in [0.2, 0.25) is 0 Å². The number of halogens is 1. The first-order chi connectivity index (χ1) is 10.1. The van der Waals surface area contributed by atoms with E-state index in [4.69, 9.17) is 4.74 Å². The molecule has 2 aliphatic rings. The second-order valence-electron chi connectivity index (χ2n) is 5.65. The quantitative estimate of drug-likeness (QED) is 0.612. The molecule has 0 spiro atoms. The van der Waals surface area contributed by atoms with E-state index < -0.39 is 4.92 Å². The smallest absolute Gasteiger partial charge is 0.321 e. The Kier molecular flexibility index (Phi) is 4.56. The van der Waals surface area contributed by atoms with Crippen LogP contribution in [-0.4, -0.2) is 51.9 Å². The SMILES string of the molecule is O=[N+]([O-])c1cn(C2CCN(C3CCOCC3)CC2)nc1Br. The maximum absolute atomic E-state index is 10.9. The average Bonchev–Trinajstić information content (AvgIpc) is 2.90. The van der Waals surface area contributed by atoms with Gasteiger partial charge in [-0.2, -0.15) is 5.10 Å². The van der Waals surface area contributed by atoms with E-state index in [9.17, 15) is 10.1 Å². The number of rotatable bonds is 3. The molecule has 2 fully saturated rings. The molecule has 8 heteroatoms. The van der Waals surface area contributed by atoms with Gasteiger partial charge in [-0.15, -0.1) is 0 Å². The van der Waals surface area contributed by atoms with E-state index >= 15 is 0 Å². The van der Waals surface area contributed by atoms with Gasteiger partial charge in [0.1, 0.15) is 6.20 Å². The molecule has 0 radical (unpaired) electrons. The largest absolute Gasteiger partial charge is 0.381 e. The molecule has 0 saturated carbocycles. The van der Waals surface area contributed by atoms with Crippen molar-refractivity contribution >= 4 is 21.6 Å². The molecule has 21 heavy (non-hydrogen) atoms. The molecular weight excluding hydrogens is 340 g/mol. The molecule has 0 unspecified atom stereocenters. The summed E-state index contributed by atoms with van der Waals surface area (Å²) in [6.45, 7) is 3.78. The molecule has 0 aromatic carbocycles. The third-order valence-electron chi connectivity index (χ3n) is 4.45. The molecule has 1 aromatic heterocycles. The van der Waals surface area contributed by atoms with Crippen LogP contribution < -0.4 is 0 Å². The lowest BCUT2D eigenvalue weighted by molar-refractivity contribution is -0.385. The fraction of sp³-hybridized carbons (Fsp3) is 0.769. The summed E-state index contributed by atoms with van der Waals surface area (Å²) in [5.41, 5.74) is 0.0434. The number of likely N-dealkylation sites (tertiary alicyclic amines) is 1. The van der Waals surface area contributed by atoms with Crippen molar-refractivity contribution in [1.29, 1.82) is 0 Å². The van der Waals surface area contributed by atoms with Crippen LogP contribution in [0, 0.1) is 10.1 Å². The van der Waals surface area contributed by atoms with Gasteiger partial charge >= 0.3 is 5.69 Å². The Bertz CT molecular complexity index is 508. The normalized spacial score (nSPS) is 22.5. The molecule has 0 N–H and O–H groups in total. The molecule has 2 saturated heterocycles. The van der Waals surface area contributed by atoms with Gasteiger partial charge < -0.3 is 9.64 Å². The van der Waals surface area contributed by atoms with Crippen molar-refractivity contribution in [3.05, 3.63) is 20.9 Å². The summed E-state index contributed by atoms with van der Waals surface area (Å²) in [5.74, 6) is 0. The lowest BCUT2D eigenvalue weighted by atomic mass is 10.00. The summed E-state index contributed by atoms with van der Waals surface area (Å²) >= 11 is 3.16. The van der Waals surface area contributed by atoms with Gasteiger partial charge in [0, 0.05) is 32.3 Å². The maximum atomic E-state index is 10.9. The first kappa shape index (κ1) is 14.9. The van der Waals surface area contributed by atoms with Gasteiger partial charge in [-0.05, 0) is 41.6 Å². The van der Waals surface area contributed by atoms with Crippen LogP contribution in [0.15, 0.2) is 10.8 Å². The fourth-order valence-electron chi connectivity index (χ4n) is 3.24. The number of nitrogens with zero attached hydrogens (tertiary/aromatic N) is 4. The minimum Gasteiger partial charge on any atom is -0.381 e. The summed E-state index contributed by atoms with van der Waals surface area (Å²) in [5, 5.41) is 15.1. The summed E-state index contributed by atoms with van der Waals surface area (Å²) in [7, 11) is 0. The molecule has 0 amide bonds. The topological polar surface area (TPSA) is 73.4 Å². The van der Waals surface area contributed by atoms with Crippen LogP contribution in [0.3, 0.4) is 0 Å². The Morgan fingerprint density at radius 1 is 1.24 bits per heavy atom. The first-order valence-electron chi connectivity index (χ1n) is 7.36. The Morgan fingerprint density at radius 3 is 2.48 bits per heavy atom. The van der Waals surface area contributed by atoms with E-state index in [2.05, 4.69) is 25.9 Å². The minimum atomic E-state index is -0.398. The molecule has 1 aromatic rings. The Morgan fingerprint density at radius 2 is 1.90 bits per heavy atom. The van der Waals surface area contributed by atoms with Gasteiger partial charge in [-0.25, -0.2) is 0 Å². The molecule has 7 nitrogen and oxygen atoms in total. The lowest BCUT2D eigenvalue weighted by Crippen LogP contribution is -2.44. The zero-order valence-corrected chi connectivity index (χ0v) is 13.4. The zero-order valence-electron chi connectivity index (χ0n) is 11.8. The third kappa shape index (κ3) is 3.27. The van der Waals surface area contributed by atoms with Crippen LogP contribution in [0.25, 0.3) is 0 Å². The van der Waals surface area contributed by atoms with E-state index in [1.807, 2.05) is 0 Å². The monoisotopic (exact) mass is 358 g/mol. The highest BCUT2D eigenvalue weighted by molar-refractivity contribution is 9.10. The van der Waals surface area contributed by atoms with Crippen molar-refractivity contribution < 1.29 is 9.66 Å². The van der Waals surface area contributed by atoms with Crippen molar-refractivity contribution in [3.8, 4) is 0 Å². The van der Waals surface area contributed by atoms with Crippen LogP contribution >= 0.6 is 15.9 Å². The van der Waals surface area contributed by atoms with E-state index in [1.165, 1.54) is 0 Å². The molecule has 3 heterocycles. The summed E-state index contributed by atoms with van der Waals surface area (Å²) in [4.78, 5) is 13.0. The second kappa shape index (κ2) is 6.41. The number of hydrogen-bond acceptors (Lipinski definition) is 5. The average molecular weight is 359 g/mol. The maximum Gasteiger partial charge on any atom is 0.321 e. The number of ether oxygens (including phenoxy) is 1. The molecule has 3 rings (SSSR count). The summed E-state index contributed by atoms with van der Waals surface area (Å²) in [6, 6.07) is 0.893. The van der Waals surface area contributed by atoms with Crippen LogP contribution in [0.5, 0.6) is 0 Å². The zero-order chi connectivity index (χ0) is 14.8. The van der Waals surface area contributed by atoms with Crippen molar-refractivity contribution in [2.24, 2.45) is 0 Å². The van der Waals surface area contributed by atoms with E-state index in [0.29, 0.717) is 10.6 Å². The van der Waals surface area contributed by atoms with Crippen molar-refractivity contribution in [2.45, 2.75) is 37.8 Å². The standard InChI is InChI=1S/C13H19BrN4O3/c14-13-12(18(19)20)9-17(15-13)11-1-5-16(6-2-11)10-3-7-21-8-4-10/h9-11H,1-8H2. The second-order valence-corrected chi connectivity index (χ2v) is 6.40. The molecular formula is C13H19BrN4O3. The van der Waals surface area contributed by atoms with Crippen molar-refractivity contribution in [3.63, 3.8) is 0 Å². The van der Waals surface area contributed by atoms with Crippen molar-refractivity contribution in [1.82, 2.24) is 14.7 Å². The number of piperidine rings is 1. The first-order valence-corrected chi connectivity index (χ1v) is 8.15. The van der Waals surface area contributed by atoms with Crippen LogP contribution in [0.4, 0.5) is 5.69 Å². The third-order valence-corrected chi connectivity index (χ3v) is 5.01. The van der Waals surface area contributed by atoms with Gasteiger partial charge in [0.2, 0.25) is 4.60 Å².